The molecule has 0 bridgehead atoms. The molecule has 65 heavy (non-hydrogen) atoms. The van der Waals surface area contributed by atoms with Gasteiger partial charge in [-0.15, -0.1) is 0 Å². The minimum atomic E-state index is -1.75. The maximum atomic E-state index is 15.0. The summed E-state index contributed by atoms with van der Waals surface area (Å²) < 4.78 is 18.3. The summed E-state index contributed by atoms with van der Waals surface area (Å²) in [5.41, 5.74) is 8.20. The molecular formula is C58H45NO6. The van der Waals surface area contributed by atoms with E-state index in [9.17, 15) is 14.4 Å². The standard InChI is InChI=1S/C58H45NO6/c1-3-63-58(62)54(64-56(60)52-36-43(30-34-50(52)39-16-6-4-7-17-39)48-26-14-22-41-20-10-12-24-46(41)48)55(59-45-32-28-38(2)29-33-45)65-57(61)53-37-44(31-35-51(53)40-18-8-5-9-19-40)49-27-15-23-42-21-11-13-25-47(42)49/h4-37,54-55,59H,3H2,1-2H3. The number of nitrogens with one attached hydrogen (secondary N) is 1. The Labute approximate surface area is 377 Å². The van der Waals surface area contributed by atoms with Gasteiger partial charge in [-0.2, -0.15) is 0 Å². The minimum absolute atomic E-state index is 0.0187. The van der Waals surface area contributed by atoms with Crippen LogP contribution in [-0.2, 0) is 19.0 Å². The van der Waals surface area contributed by atoms with Crippen molar-refractivity contribution in [2.45, 2.75) is 26.2 Å². The fourth-order valence-electron chi connectivity index (χ4n) is 8.25. The van der Waals surface area contributed by atoms with Gasteiger partial charge in [0, 0.05) is 5.69 Å². The van der Waals surface area contributed by atoms with Crippen LogP contribution in [-0.4, -0.2) is 36.8 Å². The van der Waals surface area contributed by atoms with Gasteiger partial charge >= 0.3 is 17.9 Å². The molecule has 0 aliphatic rings. The molecule has 0 heterocycles. The smallest absolute Gasteiger partial charge is 0.353 e. The molecule has 9 rings (SSSR count). The van der Waals surface area contributed by atoms with Crippen LogP contribution in [0.1, 0.15) is 33.2 Å². The highest BCUT2D eigenvalue weighted by Gasteiger charge is 2.38. The Bertz CT molecular complexity index is 3150. The van der Waals surface area contributed by atoms with Crippen molar-refractivity contribution < 1.29 is 28.6 Å². The molecule has 0 aromatic heterocycles. The molecular weight excluding hydrogens is 807 g/mol. The maximum absolute atomic E-state index is 15.0. The fraction of sp³-hybridized carbons (Fsp3) is 0.0862. The molecule has 0 radical (unpaired) electrons. The van der Waals surface area contributed by atoms with Crippen LogP contribution in [0.15, 0.2) is 206 Å². The molecule has 0 saturated heterocycles. The Hall–Kier alpha value is -8.29. The van der Waals surface area contributed by atoms with Crippen LogP contribution in [0.25, 0.3) is 66.1 Å². The van der Waals surface area contributed by atoms with Crippen LogP contribution in [0.5, 0.6) is 0 Å². The van der Waals surface area contributed by atoms with E-state index in [2.05, 4.69) is 11.4 Å². The maximum Gasteiger partial charge on any atom is 0.353 e. The van der Waals surface area contributed by atoms with Crippen LogP contribution >= 0.6 is 0 Å². The highest BCUT2D eigenvalue weighted by atomic mass is 16.6. The van der Waals surface area contributed by atoms with Gasteiger partial charge in [-0.05, 0) is 104 Å². The van der Waals surface area contributed by atoms with Crippen LogP contribution in [0, 0.1) is 6.92 Å². The summed E-state index contributed by atoms with van der Waals surface area (Å²) in [5.74, 6) is -2.44. The fourth-order valence-corrected chi connectivity index (χ4v) is 8.25. The largest absolute Gasteiger partial charge is 0.463 e. The van der Waals surface area contributed by atoms with E-state index in [1.54, 1.807) is 25.1 Å². The number of hydrogen-bond donors (Lipinski definition) is 1. The van der Waals surface area contributed by atoms with E-state index < -0.39 is 30.2 Å². The van der Waals surface area contributed by atoms with Crippen molar-refractivity contribution in [1.82, 2.24) is 0 Å². The zero-order valence-corrected chi connectivity index (χ0v) is 35.9. The molecule has 0 amide bonds. The van der Waals surface area contributed by atoms with Crippen molar-refractivity contribution in [3.8, 4) is 44.5 Å². The lowest BCUT2D eigenvalue weighted by atomic mass is 9.92. The van der Waals surface area contributed by atoms with Gasteiger partial charge in [0.25, 0.3) is 6.10 Å². The van der Waals surface area contributed by atoms with Crippen LogP contribution < -0.4 is 5.32 Å². The Balaban J connectivity index is 1.14. The van der Waals surface area contributed by atoms with E-state index in [4.69, 9.17) is 14.2 Å². The SMILES string of the molecule is CCOC(=O)C(OC(=O)c1cc(-c2cccc3ccccc23)ccc1-c1ccccc1)C(Nc1ccc(C)cc1)OC(=O)c1cc(-c2cccc3ccccc23)ccc1-c1ccccc1. The Morgan fingerprint density at radius 3 is 1.43 bits per heavy atom. The number of rotatable bonds is 13. The van der Waals surface area contributed by atoms with Gasteiger partial charge in [-0.1, -0.05) is 188 Å². The third-order valence-corrected chi connectivity index (χ3v) is 11.5. The summed E-state index contributed by atoms with van der Waals surface area (Å²) in [7, 11) is 0. The van der Waals surface area contributed by atoms with Crippen molar-refractivity contribution in [3.05, 3.63) is 223 Å². The van der Waals surface area contributed by atoms with E-state index in [-0.39, 0.29) is 17.7 Å². The van der Waals surface area contributed by atoms with Crippen molar-refractivity contribution in [2.24, 2.45) is 0 Å². The van der Waals surface area contributed by atoms with Crippen LogP contribution in [0.3, 0.4) is 0 Å². The van der Waals surface area contributed by atoms with Crippen LogP contribution in [0.2, 0.25) is 0 Å². The Morgan fingerprint density at radius 2 is 0.923 bits per heavy atom. The summed E-state index contributed by atoms with van der Waals surface area (Å²) >= 11 is 0. The average Bonchev–Trinajstić information content (AvgIpc) is 3.36. The molecule has 318 valence electrons. The number of fused-ring (bicyclic) bond motifs is 2. The van der Waals surface area contributed by atoms with E-state index >= 15 is 0 Å². The van der Waals surface area contributed by atoms with Crippen LogP contribution in [0.4, 0.5) is 5.69 Å². The number of aryl methyl sites for hydroxylation is 1. The number of anilines is 1. The van der Waals surface area contributed by atoms with Gasteiger partial charge in [0.1, 0.15) is 0 Å². The third kappa shape index (κ3) is 9.13. The zero-order chi connectivity index (χ0) is 44.7. The second-order valence-corrected chi connectivity index (χ2v) is 15.7. The average molecular weight is 852 g/mol. The highest BCUT2D eigenvalue weighted by molar-refractivity contribution is 6.04. The van der Waals surface area contributed by atoms with Crippen molar-refractivity contribution >= 4 is 45.1 Å². The first-order valence-corrected chi connectivity index (χ1v) is 21.6. The Kier molecular flexibility index (Phi) is 12.3. The summed E-state index contributed by atoms with van der Waals surface area (Å²) in [6.45, 7) is 3.60. The lowest BCUT2D eigenvalue weighted by molar-refractivity contribution is -0.158. The summed E-state index contributed by atoms with van der Waals surface area (Å²) in [6, 6.07) is 66.0. The van der Waals surface area contributed by atoms with Crippen molar-refractivity contribution in [3.63, 3.8) is 0 Å². The predicted molar refractivity (Wildman–Crippen MR) is 259 cm³/mol. The third-order valence-electron chi connectivity index (χ3n) is 11.5. The summed E-state index contributed by atoms with van der Waals surface area (Å²) in [6.07, 6.45) is -3.29. The molecule has 7 nitrogen and oxygen atoms in total. The minimum Gasteiger partial charge on any atom is -0.463 e. The number of carbonyl (C=O) groups is 3. The number of hydrogen-bond acceptors (Lipinski definition) is 7. The molecule has 0 fully saturated rings. The van der Waals surface area contributed by atoms with Gasteiger partial charge in [0.05, 0.1) is 17.7 Å². The van der Waals surface area contributed by atoms with Gasteiger partial charge in [0.15, 0.2) is 0 Å². The summed E-state index contributed by atoms with van der Waals surface area (Å²) in [5, 5.41) is 7.36. The first-order valence-electron chi connectivity index (χ1n) is 21.6. The molecule has 1 N–H and O–H groups in total. The number of esters is 3. The van der Waals surface area contributed by atoms with Gasteiger partial charge in [-0.3, -0.25) is 0 Å². The lowest BCUT2D eigenvalue weighted by Crippen LogP contribution is -2.46. The molecule has 2 atom stereocenters. The number of benzene rings is 9. The number of carbonyl (C=O) groups excluding carboxylic acids is 3. The van der Waals surface area contributed by atoms with E-state index in [1.165, 1.54) is 0 Å². The molecule has 0 aliphatic carbocycles. The normalized spacial score (nSPS) is 12.0. The van der Waals surface area contributed by atoms with Gasteiger partial charge in [0.2, 0.25) is 6.23 Å². The van der Waals surface area contributed by atoms with E-state index in [1.807, 2.05) is 189 Å². The van der Waals surface area contributed by atoms with Crippen molar-refractivity contribution in [2.75, 3.05) is 11.9 Å². The van der Waals surface area contributed by atoms with E-state index in [0.29, 0.717) is 16.8 Å². The molecule has 0 saturated carbocycles. The quantitative estimate of drug-likeness (QED) is 0.0702. The second-order valence-electron chi connectivity index (χ2n) is 15.7. The topological polar surface area (TPSA) is 90.9 Å². The van der Waals surface area contributed by atoms with Gasteiger partial charge < -0.3 is 19.5 Å². The highest BCUT2D eigenvalue weighted by Crippen LogP contribution is 2.36. The molecule has 9 aromatic carbocycles. The van der Waals surface area contributed by atoms with E-state index in [0.717, 1.165) is 60.5 Å². The molecule has 0 spiro atoms. The molecule has 7 heteroatoms. The first-order chi connectivity index (χ1) is 31.8. The predicted octanol–water partition coefficient (Wildman–Crippen LogP) is 13.4. The molecule has 0 aliphatic heterocycles. The second kappa shape index (κ2) is 19.0. The first kappa shape index (κ1) is 42.0. The Morgan fingerprint density at radius 1 is 0.462 bits per heavy atom. The lowest BCUT2D eigenvalue weighted by Gasteiger charge is -2.28. The molecule has 2 unspecified atom stereocenters. The molecule has 9 aromatic rings. The summed E-state index contributed by atoms with van der Waals surface area (Å²) in [4.78, 5) is 44.1. The zero-order valence-electron chi connectivity index (χ0n) is 35.9. The van der Waals surface area contributed by atoms with Crippen molar-refractivity contribution in [1.29, 1.82) is 0 Å². The van der Waals surface area contributed by atoms with Gasteiger partial charge in [-0.25, -0.2) is 14.4 Å². The monoisotopic (exact) mass is 851 g/mol. The number of ether oxygens (including phenoxy) is 3.